The topological polar surface area (TPSA) is 33.1 Å². The van der Waals surface area contributed by atoms with E-state index in [0.29, 0.717) is 0 Å². The predicted octanol–water partition coefficient (Wildman–Crippen LogP) is 4.76. The molecule has 0 aliphatic rings. The molecular formula is C30H44B3NOS. The number of hydrogen-bond donors (Lipinski definition) is 1. The molecule has 0 saturated heterocycles. The zero-order chi connectivity index (χ0) is 27.3. The Kier molecular flexibility index (Phi) is 7.52. The van der Waals surface area contributed by atoms with Gasteiger partial charge in [-0.25, -0.2) is 10.0 Å². The van der Waals surface area contributed by atoms with Crippen molar-refractivity contribution in [3.63, 3.8) is 0 Å². The predicted molar refractivity (Wildman–Crippen MR) is 169 cm³/mol. The minimum Gasteiger partial charge on any atom is -0.394 e. The maximum atomic E-state index is 12.0. The lowest BCUT2D eigenvalue weighted by atomic mass is 9.39. The Bertz CT molecular complexity index is 1230. The van der Waals surface area contributed by atoms with Crippen LogP contribution in [0.2, 0.25) is 0 Å². The largest absolute Gasteiger partial charge is 0.394 e. The maximum absolute atomic E-state index is 12.0. The van der Waals surface area contributed by atoms with E-state index < -0.39 is 15.5 Å². The number of rotatable bonds is 5. The van der Waals surface area contributed by atoms with Crippen molar-refractivity contribution in [1.29, 1.82) is 0 Å². The van der Waals surface area contributed by atoms with Crippen LogP contribution < -0.4 is 0 Å². The molecule has 0 spiro atoms. The highest BCUT2D eigenvalue weighted by Crippen LogP contribution is 2.51. The molecule has 1 N–H and O–H groups in total. The van der Waals surface area contributed by atoms with E-state index in [-0.39, 0.29) is 16.0 Å². The molecule has 0 fully saturated rings. The van der Waals surface area contributed by atoms with Gasteiger partial charge in [0.2, 0.25) is 0 Å². The summed E-state index contributed by atoms with van der Waals surface area (Å²) >= 11 is 0. The molecule has 0 aliphatic carbocycles. The highest BCUT2D eigenvalue weighted by atomic mass is 32.3. The molecule has 1 heterocycles. The molecule has 1 unspecified atom stereocenters. The summed E-state index contributed by atoms with van der Waals surface area (Å²) in [4.78, 5) is 6.40. The van der Waals surface area contributed by atoms with E-state index >= 15 is 0 Å². The molecule has 36 heavy (non-hydrogen) atoms. The minimum atomic E-state index is -1.03. The lowest BCUT2D eigenvalue weighted by Gasteiger charge is -2.46. The van der Waals surface area contributed by atoms with Crippen LogP contribution in [0.15, 0.2) is 65.7 Å². The van der Waals surface area contributed by atoms with Crippen LogP contribution in [0.25, 0.3) is 22.4 Å². The van der Waals surface area contributed by atoms with Gasteiger partial charge < -0.3 is 5.11 Å². The Morgan fingerprint density at radius 3 is 1.81 bits per heavy atom. The molecule has 0 aliphatic heterocycles. The average Bonchev–Trinajstić information content (AvgIpc) is 2.76. The van der Waals surface area contributed by atoms with Crippen LogP contribution in [0.4, 0.5) is 0 Å². The third kappa shape index (κ3) is 5.36. The van der Waals surface area contributed by atoms with Gasteiger partial charge in [-0.3, -0.25) is 4.98 Å². The number of pyridine rings is 1. The Labute approximate surface area is 224 Å². The minimum absolute atomic E-state index is 0.00345. The fraction of sp³-hybridized carbons (Fsp3) is 0.433. The monoisotopic (exact) mass is 499 g/mol. The van der Waals surface area contributed by atoms with Crippen molar-refractivity contribution in [1.82, 2.24) is 4.98 Å². The van der Waals surface area contributed by atoms with E-state index in [1.165, 1.54) is 16.0 Å². The third-order valence-electron chi connectivity index (χ3n) is 8.46. The molecular weight excluding hydrogens is 455 g/mol. The van der Waals surface area contributed by atoms with E-state index in [1.807, 2.05) is 14.0 Å². The fourth-order valence-electron chi connectivity index (χ4n) is 4.39. The van der Waals surface area contributed by atoms with Gasteiger partial charge in [0.25, 0.3) is 0 Å². The summed E-state index contributed by atoms with van der Waals surface area (Å²) in [7, 11) is 5.55. The van der Waals surface area contributed by atoms with E-state index in [1.54, 1.807) is 0 Å². The highest BCUT2D eigenvalue weighted by Gasteiger charge is 2.44. The quantitative estimate of drug-likeness (QED) is 0.514. The van der Waals surface area contributed by atoms with E-state index in [0.717, 1.165) is 22.4 Å². The first-order valence-corrected chi connectivity index (χ1v) is 15.8. The van der Waals surface area contributed by atoms with Crippen LogP contribution in [0.1, 0.15) is 52.7 Å². The van der Waals surface area contributed by atoms with Crippen LogP contribution in [-0.2, 0) is 10.7 Å². The number of aromatic nitrogens is 1. The first-order chi connectivity index (χ1) is 16.3. The van der Waals surface area contributed by atoms with Crippen LogP contribution in [-0.4, -0.2) is 52.4 Å². The second kappa shape index (κ2) is 9.44. The van der Waals surface area contributed by atoms with Crippen molar-refractivity contribution in [2.45, 2.75) is 57.2 Å². The number of benzene rings is 2. The van der Waals surface area contributed by atoms with Crippen molar-refractivity contribution in [2.75, 3.05) is 18.8 Å². The molecule has 1 atom stereocenters. The summed E-state index contributed by atoms with van der Waals surface area (Å²) in [6.45, 7) is 13.1. The second-order valence-corrected chi connectivity index (χ2v) is 17.8. The summed E-state index contributed by atoms with van der Waals surface area (Å²) in [5, 5.41) is 11.8. The van der Waals surface area contributed by atoms with Crippen LogP contribution in [0.3, 0.4) is 0 Å². The van der Waals surface area contributed by atoms with Gasteiger partial charge >= 0.3 is 0 Å². The van der Waals surface area contributed by atoms with Crippen LogP contribution >= 0.6 is 10.0 Å². The zero-order valence-electron chi connectivity index (χ0n) is 24.6. The van der Waals surface area contributed by atoms with Gasteiger partial charge in [-0.05, 0) is 74.9 Å². The second-order valence-electron chi connectivity index (χ2n) is 13.7. The molecule has 2 aromatic carbocycles. The van der Waals surface area contributed by atoms with Gasteiger partial charge in [-0.15, -0.1) is 0 Å². The Balaban J connectivity index is 2.31. The van der Waals surface area contributed by atoms with Crippen molar-refractivity contribution in [3.05, 3.63) is 71.9 Å². The fourth-order valence-corrected chi connectivity index (χ4v) is 5.70. The van der Waals surface area contributed by atoms with Crippen LogP contribution in [0, 0.1) is 10.8 Å². The van der Waals surface area contributed by atoms with E-state index in [2.05, 4.69) is 131 Å². The van der Waals surface area contributed by atoms with Crippen molar-refractivity contribution in [2.24, 2.45) is 10.8 Å². The molecule has 3 rings (SSSR count). The summed E-state index contributed by atoms with van der Waals surface area (Å²) in [6, 6.07) is 19.5. The van der Waals surface area contributed by atoms with Gasteiger partial charge in [0, 0.05) is 11.8 Å². The molecule has 0 amide bonds. The Morgan fingerprint density at radius 1 is 0.722 bits per heavy atom. The third-order valence-corrected chi connectivity index (χ3v) is 10.1. The van der Waals surface area contributed by atoms with E-state index in [4.69, 9.17) is 4.98 Å². The highest BCUT2D eigenvalue weighted by molar-refractivity contribution is 8.32. The summed E-state index contributed by atoms with van der Waals surface area (Å²) in [5.74, 6) is 0. The Morgan fingerprint density at radius 2 is 1.31 bits per heavy atom. The number of aliphatic hydroxyl groups is 1. The van der Waals surface area contributed by atoms with Gasteiger partial charge in [0.05, 0.1) is 11.2 Å². The standard InChI is InChI=1S/C30H44B3NOS/c1-27(2,3)29(31,32)24-19-34-25(18-23(24)30(33,35)28(4,5)6)21-15-16-26(36(7,8)9)22(17-21)20-13-11-10-12-14-20/h10-19,35H,31-33H2,1-9H3. The summed E-state index contributed by atoms with van der Waals surface area (Å²) in [5.41, 5.74) is 5.16. The van der Waals surface area contributed by atoms with Gasteiger partial charge in [0.15, 0.2) is 0 Å². The molecule has 6 heteroatoms. The molecule has 2 nitrogen and oxygen atoms in total. The summed E-state index contributed by atoms with van der Waals surface area (Å²) in [6.07, 6.45) is 9.04. The smallest absolute Gasteiger partial charge is 0.149 e. The van der Waals surface area contributed by atoms with Crippen molar-refractivity contribution >= 4 is 33.6 Å². The van der Waals surface area contributed by atoms with Crippen molar-refractivity contribution in [3.8, 4) is 22.4 Å². The maximum Gasteiger partial charge on any atom is 0.149 e. The SMILES string of the molecule is BC(B)(c1cnc(-c2ccc(S(C)(C)C)c(-c3ccccc3)c2)cc1C(B)(O)C(C)(C)C)C(C)(C)C. The van der Waals surface area contributed by atoms with E-state index in [9.17, 15) is 5.11 Å². The Hall–Kier alpha value is -1.91. The van der Waals surface area contributed by atoms with Gasteiger partial charge in [-0.1, -0.05) is 83.2 Å². The number of nitrogens with zero attached hydrogens (tertiary/aromatic N) is 1. The van der Waals surface area contributed by atoms with Crippen molar-refractivity contribution < 1.29 is 5.11 Å². The zero-order valence-corrected chi connectivity index (χ0v) is 25.4. The normalized spacial score (nSPS) is 15.4. The first-order valence-electron chi connectivity index (χ1n) is 12.9. The average molecular weight is 499 g/mol. The van der Waals surface area contributed by atoms with Gasteiger partial charge in [0.1, 0.15) is 23.5 Å². The number of hydrogen-bond acceptors (Lipinski definition) is 2. The van der Waals surface area contributed by atoms with Gasteiger partial charge in [-0.2, -0.15) is 0 Å². The first kappa shape index (κ1) is 28.7. The molecule has 0 radical (unpaired) electrons. The summed E-state index contributed by atoms with van der Waals surface area (Å²) < 4.78 is 0. The molecule has 1 aromatic heterocycles. The van der Waals surface area contributed by atoms with Crippen LogP contribution in [0.5, 0.6) is 0 Å². The molecule has 3 aromatic rings. The molecule has 190 valence electrons. The lowest BCUT2D eigenvalue weighted by Crippen LogP contribution is -2.47. The molecule has 0 bridgehead atoms. The lowest BCUT2D eigenvalue weighted by molar-refractivity contribution is 0.0143. The molecule has 0 saturated carbocycles.